The third-order valence-electron chi connectivity index (χ3n) is 2.03. The van der Waals surface area contributed by atoms with Crippen molar-refractivity contribution in [2.24, 2.45) is 5.73 Å². The molecule has 0 radical (unpaired) electrons. The average Bonchev–Trinajstić information content (AvgIpc) is 2.46. The van der Waals surface area contributed by atoms with Crippen molar-refractivity contribution >= 4 is 0 Å². The summed E-state index contributed by atoms with van der Waals surface area (Å²) in [6.07, 6.45) is 2.88. The fourth-order valence-electron chi connectivity index (χ4n) is 1.43. The lowest BCUT2D eigenvalue weighted by atomic mass is 10.2. The van der Waals surface area contributed by atoms with Gasteiger partial charge in [-0.25, -0.2) is 0 Å². The molecule has 0 aliphatic heterocycles. The summed E-state index contributed by atoms with van der Waals surface area (Å²) in [5.74, 6) is 0. The van der Waals surface area contributed by atoms with Gasteiger partial charge in [-0.2, -0.15) is 5.10 Å². The predicted octanol–water partition coefficient (Wildman–Crippen LogP) is 1.49. The van der Waals surface area contributed by atoms with E-state index in [-0.39, 0.29) is 0 Å². The standard InChI is InChI=1S/C9H17N3/c1-4-9-8(5-10)6-11-12(9)7(2)3/h6-7H,4-5,10H2,1-3H3. The van der Waals surface area contributed by atoms with Crippen LogP contribution in [0.25, 0.3) is 0 Å². The van der Waals surface area contributed by atoms with Crippen molar-refractivity contribution in [3.8, 4) is 0 Å². The number of rotatable bonds is 3. The number of hydrogen-bond acceptors (Lipinski definition) is 2. The molecule has 0 aliphatic rings. The molecule has 1 heterocycles. The highest BCUT2D eigenvalue weighted by Gasteiger charge is 2.09. The Hall–Kier alpha value is -0.830. The maximum absolute atomic E-state index is 5.59. The smallest absolute Gasteiger partial charge is 0.0537 e. The minimum Gasteiger partial charge on any atom is -0.326 e. The van der Waals surface area contributed by atoms with Crippen LogP contribution in [0.5, 0.6) is 0 Å². The maximum Gasteiger partial charge on any atom is 0.0537 e. The second-order valence-electron chi connectivity index (χ2n) is 3.21. The molecule has 0 aromatic carbocycles. The maximum atomic E-state index is 5.59. The Labute approximate surface area is 73.6 Å². The monoisotopic (exact) mass is 167 g/mol. The van der Waals surface area contributed by atoms with Gasteiger partial charge in [0.15, 0.2) is 0 Å². The Morgan fingerprint density at radius 2 is 2.25 bits per heavy atom. The van der Waals surface area contributed by atoms with Gasteiger partial charge in [0.25, 0.3) is 0 Å². The minimum absolute atomic E-state index is 0.431. The average molecular weight is 167 g/mol. The van der Waals surface area contributed by atoms with E-state index in [9.17, 15) is 0 Å². The second-order valence-corrected chi connectivity index (χ2v) is 3.21. The summed E-state index contributed by atoms with van der Waals surface area (Å²) in [5.41, 5.74) is 8.03. The third kappa shape index (κ3) is 1.50. The van der Waals surface area contributed by atoms with Gasteiger partial charge in [-0.1, -0.05) is 6.92 Å². The van der Waals surface area contributed by atoms with Crippen LogP contribution in [0.1, 0.15) is 38.1 Å². The van der Waals surface area contributed by atoms with Crippen LogP contribution in [-0.2, 0) is 13.0 Å². The van der Waals surface area contributed by atoms with E-state index in [2.05, 4.69) is 25.9 Å². The molecule has 3 heteroatoms. The topological polar surface area (TPSA) is 43.8 Å². The molecule has 0 aliphatic carbocycles. The molecule has 0 fully saturated rings. The van der Waals surface area contributed by atoms with Gasteiger partial charge in [-0.05, 0) is 20.3 Å². The van der Waals surface area contributed by atoms with Gasteiger partial charge in [0.05, 0.1) is 6.20 Å². The normalized spacial score (nSPS) is 11.1. The molecular formula is C9H17N3. The Bertz CT molecular complexity index is 250. The van der Waals surface area contributed by atoms with Crippen molar-refractivity contribution in [2.45, 2.75) is 39.8 Å². The molecule has 0 spiro atoms. The molecule has 12 heavy (non-hydrogen) atoms. The number of nitrogens with zero attached hydrogens (tertiary/aromatic N) is 2. The highest BCUT2D eigenvalue weighted by molar-refractivity contribution is 5.17. The van der Waals surface area contributed by atoms with Crippen LogP contribution in [0, 0.1) is 0 Å². The van der Waals surface area contributed by atoms with Crippen LogP contribution in [0.4, 0.5) is 0 Å². The van der Waals surface area contributed by atoms with E-state index >= 15 is 0 Å². The van der Waals surface area contributed by atoms with Crippen LogP contribution in [0.2, 0.25) is 0 Å². The zero-order valence-electron chi connectivity index (χ0n) is 8.04. The first kappa shape index (κ1) is 9.26. The lowest BCUT2D eigenvalue weighted by Crippen LogP contribution is -2.08. The van der Waals surface area contributed by atoms with Crippen LogP contribution >= 0.6 is 0 Å². The summed E-state index contributed by atoms with van der Waals surface area (Å²) < 4.78 is 2.04. The summed E-state index contributed by atoms with van der Waals surface area (Å²) in [5, 5.41) is 4.29. The molecule has 0 unspecified atom stereocenters. The Kier molecular flexibility index (Phi) is 2.87. The lowest BCUT2D eigenvalue weighted by molar-refractivity contribution is 0.510. The van der Waals surface area contributed by atoms with Gasteiger partial charge in [-0.15, -0.1) is 0 Å². The molecular weight excluding hydrogens is 150 g/mol. The SMILES string of the molecule is CCc1c(CN)cnn1C(C)C. The highest BCUT2D eigenvalue weighted by Crippen LogP contribution is 2.13. The molecule has 68 valence electrons. The van der Waals surface area contributed by atoms with E-state index in [0.29, 0.717) is 12.6 Å². The molecule has 0 bridgehead atoms. The molecule has 3 nitrogen and oxygen atoms in total. The summed E-state index contributed by atoms with van der Waals surface area (Å²) in [6.45, 7) is 6.99. The van der Waals surface area contributed by atoms with E-state index in [1.54, 1.807) is 0 Å². The van der Waals surface area contributed by atoms with Crippen molar-refractivity contribution in [1.29, 1.82) is 0 Å². The van der Waals surface area contributed by atoms with Gasteiger partial charge in [0, 0.05) is 23.8 Å². The van der Waals surface area contributed by atoms with Crippen molar-refractivity contribution in [1.82, 2.24) is 9.78 Å². The fourth-order valence-corrected chi connectivity index (χ4v) is 1.43. The van der Waals surface area contributed by atoms with Gasteiger partial charge in [-0.3, -0.25) is 4.68 Å². The van der Waals surface area contributed by atoms with Crippen LogP contribution in [0.3, 0.4) is 0 Å². The zero-order valence-corrected chi connectivity index (χ0v) is 8.04. The Morgan fingerprint density at radius 3 is 2.67 bits per heavy atom. The number of nitrogens with two attached hydrogens (primary N) is 1. The van der Waals surface area contributed by atoms with Crippen LogP contribution in [-0.4, -0.2) is 9.78 Å². The lowest BCUT2D eigenvalue weighted by Gasteiger charge is -2.10. The van der Waals surface area contributed by atoms with E-state index in [4.69, 9.17) is 5.73 Å². The molecule has 1 aromatic rings. The van der Waals surface area contributed by atoms with Crippen LogP contribution in [0.15, 0.2) is 6.20 Å². The largest absolute Gasteiger partial charge is 0.326 e. The molecule has 1 aromatic heterocycles. The molecule has 1 rings (SSSR count). The fraction of sp³-hybridized carbons (Fsp3) is 0.667. The first-order chi connectivity index (χ1) is 5.70. The molecule has 0 saturated carbocycles. The zero-order chi connectivity index (χ0) is 9.14. The van der Waals surface area contributed by atoms with Crippen molar-refractivity contribution in [3.63, 3.8) is 0 Å². The summed E-state index contributed by atoms with van der Waals surface area (Å²) >= 11 is 0. The summed E-state index contributed by atoms with van der Waals surface area (Å²) in [6, 6.07) is 0.431. The second kappa shape index (κ2) is 3.72. The molecule has 2 N–H and O–H groups in total. The third-order valence-corrected chi connectivity index (χ3v) is 2.03. The minimum atomic E-state index is 0.431. The van der Waals surface area contributed by atoms with Crippen LogP contribution < -0.4 is 5.73 Å². The predicted molar refractivity (Wildman–Crippen MR) is 49.9 cm³/mol. The molecule has 0 amide bonds. The number of hydrogen-bond donors (Lipinski definition) is 1. The highest BCUT2D eigenvalue weighted by atomic mass is 15.3. The van der Waals surface area contributed by atoms with Crippen molar-refractivity contribution in [3.05, 3.63) is 17.5 Å². The summed E-state index contributed by atoms with van der Waals surface area (Å²) in [4.78, 5) is 0. The quantitative estimate of drug-likeness (QED) is 0.741. The Balaban J connectivity index is 3.05. The Morgan fingerprint density at radius 1 is 1.58 bits per heavy atom. The molecule has 0 saturated heterocycles. The van der Waals surface area contributed by atoms with Crippen molar-refractivity contribution in [2.75, 3.05) is 0 Å². The van der Waals surface area contributed by atoms with E-state index in [0.717, 1.165) is 6.42 Å². The van der Waals surface area contributed by atoms with E-state index in [1.165, 1.54) is 11.3 Å². The van der Waals surface area contributed by atoms with Crippen molar-refractivity contribution < 1.29 is 0 Å². The number of aromatic nitrogens is 2. The van der Waals surface area contributed by atoms with E-state index in [1.807, 2.05) is 10.9 Å². The first-order valence-electron chi connectivity index (χ1n) is 4.46. The van der Waals surface area contributed by atoms with E-state index < -0.39 is 0 Å². The molecule has 0 atom stereocenters. The van der Waals surface area contributed by atoms with Gasteiger partial charge in [0.1, 0.15) is 0 Å². The first-order valence-corrected chi connectivity index (χ1v) is 4.46. The van der Waals surface area contributed by atoms with Gasteiger partial charge >= 0.3 is 0 Å². The van der Waals surface area contributed by atoms with Gasteiger partial charge in [0.2, 0.25) is 0 Å². The summed E-state index contributed by atoms with van der Waals surface area (Å²) in [7, 11) is 0. The van der Waals surface area contributed by atoms with Gasteiger partial charge < -0.3 is 5.73 Å².